The molecule has 0 unspecified atom stereocenters. The van der Waals surface area contributed by atoms with E-state index in [1.807, 2.05) is 12.1 Å². The fraction of sp³-hybridized carbons (Fsp3) is 0.0167. The molecule has 0 radical (unpaired) electrons. The first-order valence-electron chi connectivity index (χ1n) is 21.6. The quantitative estimate of drug-likeness (QED) is 0.174. The van der Waals surface area contributed by atoms with Crippen molar-refractivity contribution in [1.29, 1.82) is 0 Å². The summed E-state index contributed by atoms with van der Waals surface area (Å²) in [5.74, 6) is 0.709. The van der Waals surface area contributed by atoms with Crippen LogP contribution in [-0.2, 0) is 5.41 Å². The van der Waals surface area contributed by atoms with E-state index in [4.69, 9.17) is 15.0 Å². The normalized spacial score (nSPS) is 12.9. The molecule has 0 N–H and O–H groups in total. The molecule has 0 amide bonds. The van der Waals surface area contributed by atoms with Gasteiger partial charge < -0.3 is 0 Å². The Bertz CT molecular complexity index is 3510. The largest absolute Gasteiger partial charge is 0.247 e. The summed E-state index contributed by atoms with van der Waals surface area (Å²) in [4.78, 5) is 15.8. The summed E-state index contributed by atoms with van der Waals surface area (Å²) in [7, 11) is 0. The molecule has 292 valence electrons. The van der Waals surface area contributed by atoms with Crippen LogP contribution in [0.5, 0.6) is 0 Å². The van der Waals surface area contributed by atoms with Gasteiger partial charge in [-0.3, -0.25) is 0 Å². The standard InChI is InChI=1S/C60H37N3/c1-3-15-39(16-4-1)54-37-55(40-17-5-2-6-18-40)62-59(61-54)45-34-33-43-35-42(31-32-44(43)36-45)38-27-29-41(30-28-38)57-49-22-8-7-21-48(49)56-58(63-57)50-23-11-14-26-53(50)60(56)51-24-12-9-19-46(51)47-20-10-13-25-52(47)60/h1-37H. The molecule has 0 saturated heterocycles. The maximum absolute atomic E-state index is 5.67. The second-order valence-electron chi connectivity index (χ2n) is 16.7. The van der Waals surface area contributed by atoms with Crippen molar-refractivity contribution < 1.29 is 0 Å². The second-order valence-corrected chi connectivity index (χ2v) is 16.7. The van der Waals surface area contributed by atoms with Gasteiger partial charge in [0.15, 0.2) is 5.82 Å². The molecule has 11 aromatic rings. The van der Waals surface area contributed by atoms with E-state index < -0.39 is 5.41 Å². The third-order valence-corrected chi connectivity index (χ3v) is 13.3. The first-order chi connectivity index (χ1) is 31.2. The van der Waals surface area contributed by atoms with Gasteiger partial charge in [-0.25, -0.2) is 15.0 Å². The number of benzene rings is 9. The van der Waals surface area contributed by atoms with Crippen LogP contribution in [0.15, 0.2) is 224 Å². The van der Waals surface area contributed by atoms with Crippen LogP contribution in [0.25, 0.3) is 100 Å². The Morgan fingerprint density at radius 2 is 0.746 bits per heavy atom. The topological polar surface area (TPSA) is 38.7 Å². The first-order valence-corrected chi connectivity index (χ1v) is 21.6. The lowest BCUT2D eigenvalue weighted by atomic mass is 9.69. The van der Waals surface area contributed by atoms with Crippen LogP contribution in [0.3, 0.4) is 0 Å². The van der Waals surface area contributed by atoms with Gasteiger partial charge >= 0.3 is 0 Å². The van der Waals surface area contributed by atoms with Gasteiger partial charge in [-0.15, -0.1) is 0 Å². The lowest BCUT2D eigenvalue weighted by molar-refractivity contribution is 0.799. The minimum absolute atomic E-state index is 0.449. The van der Waals surface area contributed by atoms with Gasteiger partial charge in [0, 0.05) is 38.8 Å². The van der Waals surface area contributed by atoms with E-state index in [-0.39, 0.29) is 0 Å². The van der Waals surface area contributed by atoms with Crippen molar-refractivity contribution in [2.45, 2.75) is 5.41 Å². The van der Waals surface area contributed by atoms with Gasteiger partial charge in [0.1, 0.15) is 0 Å². The number of nitrogens with zero attached hydrogens (tertiary/aromatic N) is 3. The Hall–Kier alpha value is -8.27. The van der Waals surface area contributed by atoms with Crippen LogP contribution in [-0.4, -0.2) is 15.0 Å². The monoisotopic (exact) mass is 799 g/mol. The molecule has 0 saturated carbocycles. The molecule has 1 spiro atoms. The number of rotatable bonds is 5. The Morgan fingerprint density at radius 3 is 1.37 bits per heavy atom. The Kier molecular flexibility index (Phi) is 7.82. The summed E-state index contributed by atoms with van der Waals surface area (Å²) >= 11 is 0. The van der Waals surface area contributed by atoms with Crippen LogP contribution < -0.4 is 0 Å². The molecule has 2 aliphatic rings. The SMILES string of the molecule is c1ccc(-c2cc(-c3ccccc3)nc(-c3ccc4cc(-c5ccc(-c6nc7c(c8ccccc68)C6(c8ccccc8-c8ccccc86)c6ccccc6-7)cc5)ccc4c3)n2)cc1. The fourth-order valence-electron chi connectivity index (χ4n) is 10.5. The Morgan fingerprint density at radius 1 is 0.286 bits per heavy atom. The molecular weight excluding hydrogens is 763 g/mol. The number of fused-ring (bicyclic) bond motifs is 13. The van der Waals surface area contributed by atoms with Crippen molar-refractivity contribution in [3.8, 4) is 78.7 Å². The highest BCUT2D eigenvalue weighted by Crippen LogP contribution is 2.64. The van der Waals surface area contributed by atoms with Crippen molar-refractivity contribution in [2.75, 3.05) is 0 Å². The molecule has 0 aliphatic heterocycles. The number of pyridine rings is 1. The van der Waals surface area contributed by atoms with Gasteiger partial charge in [0.05, 0.1) is 28.2 Å². The molecular formula is C60H37N3. The molecule has 13 rings (SSSR count). The zero-order chi connectivity index (χ0) is 41.5. The van der Waals surface area contributed by atoms with E-state index in [0.717, 1.165) is 72.3 Å². The van der Waals surface area contributed by atoms with E-state index in [1.165, 1.54) is 44.3 Å². The summed E-state index contributed by atoms with van der Waals surface area (Å²) in [6.07, 6.45) is 0. The number of aromatic nitrogens is 3. The van der Waals surface area contributed by atoms with Gasteiger partial charge in [-0.05, 0) is 73.3 Å². The van der Waals surface area contributed by atoms with Crippen LogP contribution >= 0.6 is 0 Å². The second kappa shape index (κ2) is 13.9. The van der Waals surface area contributed by atoms with E-state index >= 15 is 0 Å². The average Bonchev–Trinajstić information content (AvgIpc) is 3.83. The van der Waals surface area contributed by atoms with Gasteiger partial charge in [-0.2, -0.15) is 0 Å². The minimum atomic E-state index is -0.449. The molecule has 3 nitrogen and oxygen atoms in total. The van der Waals surface area contributed by atoms with Crippen LogP contribution in [0, 0.1) is 0 Å². The molecule has 2 aromatic heterocycles. The van der Waals surface area contributed by atoms with E-state index in [9.17, 15) is 0 Å². The predicted octanol–water partition coefficient (Wildman–Crippen LogP) is 14.9. The van der Waals surface area contributed by atoms with Crippen molar-refractivity contribution in [3.05, 3.63) is 247 Å². The molecule has 63 heavy (non-hydrogen) atoms. The van der Waals surface area contributed by atoms with E-state index in [0.29, 0.717) is 5.82 Å². The highest BCUT2D eigenvalue weighted by molar-refractivity contribution is 6.07. The molecule has 0 atom stereocenters. The fourth-order valence-corrected chi connectivity index (χ4v) is 10.5. The minimum Gasteiger partial charge on any atom is -0.247 e. The van der Waals surface area contributed by atoms with Crippen molar-refractivity contribution in [2.24, 2.45) is 0 Å². The molecule has 2 aliphatic carbocycles. The highest BCUT2D eigenvalue weighted by atomic mass is 14.9. The smallest absolute Gasteiger partial charge is 0.160 e. The van der Waals surface area contributed by atoms with Crippen LogP contribution in [0.2, 0.25) is 0 Å². The van der Waals surface area contributed by atoms with Gasteiger partial charge in [0.2, 0.25) is 0 Å². The van der Waals surface area contributed by atoms with E-state index in [2.05, 4.69) is 212 Å². The lowest BCUT2D eigenvalue weighted by Crippen LogP contribution is -2.26. The summed E-state index contributed by atoms with van der Waals surface area (Å²) in [5, 5.41) is 4.71. The van der Waals surface area contributed by atoms with E-state index in [1.54, 1.807) is 0 Å². The maximum Gasteiger partial charge on any atom is 0.160 e. The third kappa shape index (κ3) is 5.36. The van der Waals surface area contributed by atoms with Gasteiger partial charge in [0.25, 0.3) is 0 Å². The zero-order valence-electron chi connectivity index (χ0n) is 34.2. The number of hydrogen-bond donors (Lipinski definition) is 0. The molecule has 9 aromatic carbocycles. The summed E-state index contributed by atoms with van der Waals surface area (Å²) in [6, 6.07) is 80.7. The van der Waals surface area contributed by atoms with Crippen molar-refractivity contribution >= 4 is 21.5 Å². The molecule has 0 fully saturated rings. The van der Waals surface area contributed by atoms with Gasteiger partial charge in [-0.1, -0.05) is 206 Å². The third-order valence-electron chi connectivity index (χ3n) is 13.3. The Labute approximate surface area is 365 Å². The highest BCUT2D eigenvalue weighted by Gasteiger charge is 2.53. The summed E-state index contributed by atoms with van der Waals surface area (Å²) in [5.41, 5.74) is 19.0. The number of hydrogen-bond acceptors (Lipinski definition) is 3. The molecule has 0 bridgehead atoms. The van der Waals surface area contributed by atoms with Crippen LogP contribution in [0.4, 0.5) is 0 Å². The first kappa shape index (κ1) is 35.5. The maximum atomic E-state index is 5.67. The molecule has 3 heteroatoms. The average molecular weight is 800 g/mol. The van der Waals surface area contributed by atoms with Crippen molar-refractivity contribution in [1.82, 2.24) is 15.0 Å². The predicted molar refractivity (Wildman–Crippen MR) is 258 cm³/mol. The zero-order valence-corrected chi connectivity index (χ0v) is 34.2. The van der Waals surface area contributed by atoms with Crippen LogP contribution in [0.1, 0.15) is 22.3 Å². The molecule has 2 heterocycles. The summed E-state index contributed by atoms with van der Waals surface area (Å²) < 4.78 is 0. The lowest BCUT2D eigenvalue weighted by Gasteiger charge is -2.31. The Balaban J connectivity index is 0.886. The van der Waals surface area contributed by atoms with Crippen molar-refractivity contribution in [3.63, 3.8) is 0 Å². The summed E-state index contributed by atoms with van der Waals surface area (Å²) in [6.45, 7) is 0.